The average Bonchev–Trinajstić information content (AvgIpc) is 3.20. The zero-order valence-corrected chi connectivity index (χ0v) is 18.2. The molecule has 2 saturated heterocycles. The molecule has 0 radical (unpaired) electrons. The van der Waals surface area contributed by atoms with Crippen LogP contribution in [-0.4, -0.2) is 52.9 Å². The number of hydrogen-bond acceptors (Lipinski definition) is 6. The lowest BCUT2D eigenvalue weighted by molar-refractivity contribution is -0.386. The number of hydrogen-bond donors (Lipinski definition) is 0. The van der Waals surface area contributed by atoms with Crippen LogP contribution in [0.25, 0.3) is 0 Å². The van der Waals surface area contributed by atoms with Gasteiger partial charge in [-0.05, 0) is 30.5 Å². The number of benzene rings is 1. The van der Waals surface area contributed by atoms with Crippen molar-refractivity contribution >= 4 is 23.2 Å². The number of rotatable bonds is 4. The highest BCUT2D eigenvalue weighted by Crippen LogP contribution is 2.38. The highest BCUT2D eigenvalue weighted by Gasteiger charge is 2.42. The fraction of sp³-hybridized carbons (Fsp3) is 0.435. The lowest BCUT2D eigenvalue weighted by atomic mass is 9.82. The Morgan fingerprint density at radius 2 is 1.88 bits per heavy atom. The van der Waals surface area contributed by atoms with Gasteiger partial charge < -0.3 is 19.1 Å². The Labute approximate surface area is 189 Å². The summed E-state index contributed by atoms with van der Waals surface area (Å²) in [7, 11) is 1.55. The predicted molar refractivity (Wildman–Crippen MR) is 118 cm³/mol. The quantitative estimate of drug-likeness (QED) is 0.516. The van der Waals surface area contributed by atoms with Crippen molar-refractivity contribution in [3.63, 3.8) is 0 Å². The normalized spacial score (nSPS) is 23.9. The SMILES string of the molecule is COc1ccccc1N1C[C@@H](C(=O)N2C[C@@H]3C[C@@H](C2)c2ccc([N+](=O)[O-])c(=O)n2C3)CC1=O. The van der Waals surface area contributed by atoms with E-state index >= 15 is 0 Å². The minimum absolute atomic E-state index is 0.0438. The van der Waals surface area contributed by atoms with E-state index in [0.29, 0.717) is 37.6 Å². The number of nitro groups is 1. The van der Waals surface area contributed by atoms with Crippen LogP contribution in [0.15, 0.2) is 41.2 Å². The topological polar surface area (TPSA) is 115 Å². The van der Waals surface area contributed by atoms with Crippen molar-refractivity contribution < 1.29 is 19.2 Å². The predicted octanol–water partition coefficient (Wildman–Crippen LogP) is 1.76. The second-order valence-corrected chi connectivity index (χ2v) is 8.94. The Kier molecular flexibility index (Phi) is 5.15. The fourth-order valence-electron chi connectivity index (χ4n) is 5.47. The summed E-state index contributed by atoms with van der Waals surface area (Å²) in [4.78, 5) is 52.6. The molecule has 10 nitrogen and oxygen atoms in total. The number of amides is 2. The molecule has 0 unspecified atom stereocenters. The molecule has 2 fully saturated rings. The molecule has 3 atom stereocenters. The first-order valence-electron chi connectivity index (χ1n) is 11.0. The van der Waals surface area contributed by atoms with Crippen molar-refractivity contribution in [3.05, 3.63) is 62.6 Å². The average molecular weight is 452 g/mol. The minimum atomic E-state index is -0.652. The molecule has 3 aliphatic heterocycles. The number of carbonyl (C=O) groups excluding carboxylic acids is 2. The third-order valence-electron chi connectivity index (χ3n) is 6.94. The third-order valence-corrected chi connectivity index (χ3v) is 6.94. The number of para-hydroxylation sites is 2. The minimum Gasteiger partial charge on any atom is -0.495 e. The molecule has 0 spiro atoms. The monoisotopic (exact) mass is 452 g/mol. The molecule has 0 saturated carbocycles. The van der Waals surface area contributed by atoms with Crippen LogP contribution in [0.1, 0.15) is 24.5 Å². The number of piperidine rings is 1. The van der Waals surface area contributed by atoms with E-state index in [0.717, 1.165) is 12.1 Å². The Balaban J connectivity index is 1.35. The van der Waals surface area contributed by atoms with Gasteiger partial charge in [0.1, 0.15) is 5.75 Å². The van der Waals surface area contributed by atoms with Crippen LogP contribution in [0.3, 0.4) is 0 Å². The van der Waals surface area contributed by atoms with E-state index in [1.165, 1.54) is 10.6 Å². The van der Waals surface area contributed by atoms with Crippen LogP contribution in [-0.2, 0) is 16.1 Å². The van der Waals surface area contributed by atoms with Crippen molar-refractivity contribution in [2.45, 2.75) is 25.3 Å². The van der Waals surface area contributed by atoms with E-state index in [1.54, 1.807) is 29.0 Å². The highest BCUT2D eigenvalue weighted by atomic mass is 16.6. The number of pyridine rings is 1. The summed E-state index contributed by atoms with van der Waals surface area (Å²) >= 11 is 0. The lowest BCUT2D eigenvalue weighted by Crippen LogP contribution is -2.51. The Hall–Kier alpha value is -3.69. The van der Waals surface area contributed by atoms with Crippen molar-refractivity contribution in [3.8, 4) is 5.75 Å². The first-order valence-corrected chi connectivity index (χ1v) is 11.0. The van der Waals surface area contributed by atoms with Crippen molar-refractivity contribution in [2.24, 2.45) is 11.8 Å². The summed E-state index contributed by atoms with van der Waals surface area (Å²) in [6, 6.07) is 10.1. The van der Waals surface area contributed by atoms with Gasteiger partial charge in [-0.25, -0.2) is 0 Å². The molecular weight excluding hydrogens is 428 g/mol. The maximum Gasteiger partial charge on any atom is 0.334 e. The first kappa shape index (κ1) is 21.2. The van der Waals surface area contributed by atoms with Crippen LogP contribution in [0, 0.1) is 22.0 Å². The fourth-order valence-corrected chi connectivity index (χ4v) is 5.47. The number of likely N-dealkylation sites (tertiary alicyclic amines) is 1. The van der Waals surface area contributed by atoms with E-state index in [4.69, 9.17) is 4.74 Å². The largest absolute Gasteiger partial charge is 0.495 e. The van der Waals surface area contributed by atoms with Gasteiger partial charge in [-0.15, -0.1) is 0 Å². The third kappa shape index (κ3) is 3.55. The van der Waals surface area contributed by atoms with Gasteiger partial charge in [0.05, 0.1) is 23.6 Å². The van der Waals surface area contributed by atoms with Crippen LogP contribution in [0.4, 0.5) is 11.4 Å². The van der Waals surface area contributed by atoms with E-state index in [1.807, 2.05) is 18.2 Å². The Morgan fingerprint density at radius 3 is 2.64 bits per heavy atom. The Morgan fingerprint density at radius 1 is 1.09 bits per heavy atom. The van der Waals surface area contributed by atoms with Crippen molar-refractivity contribution in [1.29, 1.82) is 0 Å². The van der Waals surface area contributed by atoms with Crippen molar-refractivity contribution in [1.82, 2.24) is 9.47 Å². The number of ether oxygens (including phenoxy) is 1. The van der Waals surface area contributed by atoms with Gasteiger partial charge in [0.15, 0.2) is 0 Å². The number of carbonyl (C=O) groups is 2. The number of aromatic nitrogens is 1. The van der Waals surface area contributed by atoms with Gasteiger partial charge >= 0.3 is 11.2 Å². The summed E-state index contributed by atoms with van der Waals surface area (Å²) in [6.45, 7) is 1.56. The van der Waals surface area contributed by atoms with E-state index in [9.17, 15) is 24.5 Å². The number of anilines is 1. The Bertz CT molecular complexity index is 1210. The summed E-state index contributed by atoms with van der Waals surface area (Å²) < 4.78 is 6.88. The molecule has 3 aliphatic rings. The maximum absolute atomic E-state index is 13.4. The molecule has 172 valence electrons. The molecule has 0 N–H and O–H groups in total. The van der Waals surface area contributed by atoms with Gasteiger partial charge in [0.25, 0.3) is 0 Å². The summed E-state index contributed by atoms with van der Waals surface area (Å²) in [5.41, 5.74) is 0.386. The van der Waals surface area contributed by atoms with Crippen LogP contribution in [0.2, 0.25) is 0 Å². The standard InChI is InChI=1S/C23H24N4O6/c1-33-20-5-3-2-4-18(20)25-13-16(9-21(25)28)22(29)24-10-14-8-15(12-24)17-6-7-19(27(31)32)23(30)26(17)11-14/h2-7,14-16H,8-13H2,1H3/t14-,15-,16-/m0/s1. The summed E-state index contributed by atoms with van der Waals surface area (Å²) in [5, 5.41) is 11.1. The van der Waals surface area contributed by atoms with E-state index in [2.05, 4.69) is 0 Å². The molecule has 2 amide bonds. The molecule has 33 heavy (non-hydrogen) atoms. The smallest absolute Gasteiger partial charge is 0.334 e. The zero-order valence-electron chi connectivity index (χ0n) is 18.2. The molecule has 2 bridgehead atoms. The van der Waals surface area contributed by atoms with E-state index < -0.39 is 22.1 Å². The zero-order chi connectivity index (χ0) is 23.3. The summed E-state index contributed by atoms with van der Waals surface area (Å²) in [6.07, 6.45) is 0.975. The molecule has 1 aromatic carbocycles. The molecule has 1 aromatic heterocycles. The second kappa shape index (κ2) is 8.02. The van der Waals surface area contributed by atoms with Gasteiger partial charge in [-0.1, -0.05) is 12.1 Å². The first-order chi connectivity index (χ1) is 15.9. The van der Waals surface area contributed by atoms with Gasteiger partial charge in [0, 0.05) is 50.3 Å². The molecule has 4 heterocycles. The number of fused-ring (bicyclic) bond motifs is 4. The molecule has 10 heteroatoms. The molecule has 2 aromatic rings. The van der Waals surface area contributed by atoms with Gasteiger partial charge in [0.2, 0.25) is 11.8 Å². The van der Waals surface area contributed by atoms with Gasteiger partial charge in [-0.2, -0.15) is 0 Å². The van der Waals surface area contributed by atoms with Crippen LogP contribution >= 0.6 is 0 Å². The second-order valence-electron chi connectivity index (χ2n) is 8.94. The number of methoxy groups -OCH3 is 1. The van der Waals surface area contributed by atoms with Crippen LogP contribution < -0.4 is 15.2 Å². The summed E-state index contributed by atoms with van der Waals surface area (Å²) in [5.74, 6) is -0.0463. The maximum atomic E-state index is 13.4. The van der Waals surface area contributed by atoms with Gasteiger partial charge in [-0.3, -0.25) is 24.5 Å². The number of nitrogens with zero attached hydrogens (tertiary/aromatic N) is 4. The molecular formula is C23H24N4O6. The van der Waals surface area contributed by atoms with Crippen molar-refractivity contribution in [2.75, 3.05) is 31.6 Å². The van der Waals surface area contributed by atoms with E-state index in [-0.39, 0.29) is 30.1 Å². The highest BCUT2D eigenvalue weighted by molar-refractivity contribution is 6.01. The lowest BCUT2D eigenvalue weighted by Gasteiger charge is -2.43. The molecule has 5 rings (SSSR count). The van der Waals surface area contributed by atoms with Crippen LogP contribution in [0.5, 0.6) is 5.75 Å². The molecule has 0 aliphatic carbocycles.